The lowest BCUT2D eigenvalue weighted by Gasteiger charge is -2.32. The minimum absolute atomic E-state index is 0.103. The highest BCUT2D eigenvalue weighted by atomic mass is 32.2. The molecule has 0 saturated carbocycles. The summed E-state index contributed by atoms with van der Waals surface area (Å²) >= 11 is 0. The first kappa shape index (κ1) is 21.5. The van der Waals surface area contributed by atoms with Gasteiger partial charge in [0.1, 0.15) is 0 Å². The third-order valence-electron chi connectivity index (χ3n) is 4.70. The van der Waals surface area contributed by atoms with Gasteiger partial charge < -0.3 is 14.8 Å². The Morgan fingerprint density at radius 2 is 1.96 bits per heavy atom. The van der Waals surface area contributed by atoms with Crippen LogP contribution in [0.2, 0.25) is 0 Å². The van der Waals surface area contributed by atoms with Crippen LogP contribution in [0.1, 0.15) is 18.4 Å². The number of amides is 1. The fraction of sp³-hybridized carbons (Fsp3) is 0.611. The number of ether oxygens (including phenoxy) is 2. The van der Waals surface area contributed by atoms with E-state index in [0.29, 0.717) is 43.9 Å². The van der Waals surface area contributed by atoms with Crippen LogP contribution in [0, 0.1) is 5.92 Å². The topological polar surface area (TPSA) is 88.2 Å². The molecule has 8 nitrogen and oxygen atoms in total. The Labute approximate surface area is 161 Å². The molecule has 152 valence electrons. The van der Waals surface area contributed by atoms with E-state index in [1.54, 1.807) is 14.2 Å². The van der Waals surface area contributed by atoms with Crippen LogP contribution in [0.5, 0.6) is 11.5 Å². The summed E-state index contributed by atoms with van der Waals surface area (Å²) in [7, 11) is 2.69. The number of benzene rings is 1. The smallest absolute Gasteiger partial charge is 0.281 e. The SMILES string of the molecule is COc1ccc(CCNC(=O)[C@@H]2CCCN(S(=O)(=O)N(C)C)C2)cc1OC. The number of carbonyl (C=O) groups excluding carboxylic acids is 1. The molecule has 0 bridgehead atoms. The zero-order valence-electron chi connectivity index (χ0n) is 16.4. The number of carbonyl (C=O) groups is 1. The van der Waals surface area contributed by atoms with E-state index in [1.165, 1.54) is 22.7 Å². The van der Waals surface area contributed by atoms with Crippen LogP contribution < -0.4 is 14.8 Å². The maximum atomic E-state index is 12.5. The molecule has 0 aromatic heterocycles. The molecular weight excluding hydrogens is 370 g/mol. The van der Waals surface area contributed by atoms with Crippen molar-refractivity contribution in [3.8, 4) is 11.5 Å². The molecule has 1 atom stereocenters. The average Bonchev–Trinajstić information content (AvgIpc) is 2.67. The van der Waals surface area contributed by atoms with E-state index >= 15 is 0 Å². The van der Waals surface area contributed by atoms with Gasteiger partial charge in [0.05, 0.1) is 20.1 Å². The number of nitrogens with zero attached hydrogens (tertiary/aromatic N) is 2. The molecule has 1 amide bonds. The highest BCUT2D eigenvalue weighted by Gasteiger charge is 2.33. The molecule has 0 radical (unpaired) electrons. The Bertz CT molecular complexity index is 751. The molecule has 1 fully saturated rings. The van der Waals surface area contributed by atoms with E-state index in [4.69, 9.17) is 9.47 Å². The number of hydrogen-bond acceptors (Lipinski definition) is 5. The van der Waals surface area contributed by atoms with Crippen LogP contribution in [-0.4, -0.2) is 70.9 Å². The molecule has 1 aromatic carbocycles. The van der Waals surface area contributed by atoms with Crippen molar-refractivity contribution in [3.05, 3.63) is 23.8 Å². The van der Waals surface area contributed by atoms with Crippen molar-refractivity contribution in [2.45, 2.75) is 19.3 Å². The largest absolute Gasteiger partial charge is 0.493 e. The molecule has 0 unspecified atom stereocenters. The third kappa shape index (κ3) is 5.33. The van der Waals surface area contributed by atoms with Crippen molar-refractivity contribution < 1.29 is 22.7 Å². The van der Waals surface area contributed by atoms with Crippen LogP contribution in [0.25, 0.3) is 0 Å². The molecule has 0 spiro atoms. The Morgan fingerprint density at radius 1 is 1.26 bits per heavy atom. The minimum atomic E-state index is -3.48. The first-order chi connectivity index (χ1) is 12.8. The normalized spacial score (nSPS) is 18.3. The molecular formula is C18H29N3O5S. The summed E-state index contributed by atoms with van der Waals surface area (Å²) in [5.41, 5.74) is 1.02. The predicted molar refractivity (Wildman–Crippen MR) is 103 cm³/mol. The van der Waals surface area contributed by atoms with Gasteiger partial charge in [-0.05, 0) is 37.0 Å². The maximum Gasteiger partial charge on any atom is 0.281 e. The van der Waals surface area contributed by atoms with Gasteiger partial charge in [-0.3, -0.25) is 4.79 Å². The van der Waals surface area contributed by atoms with Gasteiger partial charge in [0.15, 0.2) is 11.5 Å². The summed E-state index contributed by atoms with van der Waals surface area (Å²) in [6.45, 7) is 1.16. The Balaban J connectivity index is 1.88. The van der Waals surface area contributed by atoms with Crippen molar-refractivity contribution in [1.82, 2.24) is 13.9 Å². The summed E-state index contributed by atoms with van der Waals surface area (Å²) < 4.78 is 37.6. The number of rotatable bonds is 8. The van der Waals surface area contributed by atoms with Crippen molar-refractivity contribution in [3.63, 3.8) is 0 Å². The van der Waals surface area contributed by atoms with Gasteiger partial charge in [-0.25, -0.2) is 0 Å². The van der Waals surface area contributed by atoms with Crippen molar-refractivity contribution in [2.24, 2.45) is 5.92 Å². The van der Waals surface area contributed by atoms with E-state index in [-0.39, 0.29) is 18.4 Å². The second-order valence-corrected chi connectivity index (χ2v) is 8.86. The molecule has 1 N–H and O–H groups in total. The Kier molecular flexibility index (Phi) is 7.46. The summed E-state index contributed by atoms with van der Waals surface area (Å²) in [6.07, 6.45) is 2.03. The fourth-order valence-electron chi connectivity index (χ4n) is 3.11. The first-order valence-electron chi connectivity index (χ1n) is 8.95. The summed E-state index contributed by atoms with van der Waals surface area (Å²) in [5, 5.41) is 2.92. The number of piperidine rings is 1. The highest BCUT2D eigenvalue weighted by Crippen LogP contribution is 2.27. The average molecular weight is 400 g/mol. The van der Waals surface area contributed by atoms with Gasteiger partial charge in [-0.1, -0.05) is 6.07 Å². The zero-order chi connectivity index (χ0) is 20.0. The van der Waals surface area contributed by atoms with E-state index in [9.17, 15) is 13.2 Å². The predicted octanol–water partition coefficient (Wildman–Crippen LogP) is 0.881. The standard InChI is InChI=1S/C18H29N3O5S/c1-20(2)27(23,24)21-11-5-6-15(13-21)18(22)19-10-9-14-7-8-16(25-3)17(12-14)26-4/h7-8,12,15H,5-6,9-11,13H2,1-4H3,(H,19,22)/t15-/m1/s1. The second-order valence-electron chi connectivity index (χ2n) is 6.72. The van der Waals surface area contributed by atoms with Crippen LogP contribution in [-0.2, 0) is 21.4 Å². The second kappa shape index (κ2) is 9.38. The molecule has 1 aromatic rings. The van der Waals surface area contributed by atoms with Crippen LogP contribution in [0.3, 0.4) is 0 Å². The monoisotopic (exact) mass is 399 g/mol. The maximum absolute atomic E-state index is 12.5. The van der Waals surface area contributed by atoms with Crippen molar-refractivity contribution in [2.75, 3.05) is 47.9 Å². The van der Waals surface area contributed by atoms with Gasteiger partial charge in [0.2, 0.25) is 5.91 Å². The Hall–Kier alpha value is -1.84. The number of hydrogen-bond donors (Lipinski definition) is 1. The summed E-state index contributed by atoms with van der Waals surface area (Å²) in [6, 6.07) is 5.65. The lowest BCUT2D eigenvalue weighted by molar-refractivity contribution is -0.126. The summed E-state index contributed by atoms with van der Waals surface area (Å²) in [4.78, 5) is 12.5. The third-order valence-corrected chi connectivity index (χ3v) is 6.61. The van der Waals surface area contributed by atoms with E-state index < -0.39 is 10.2 Å². The van der Waals surface area contributed by atoms with Crippen molar-refractivity contribution in [1.29, 1.82) is 0 Å². The Morgan fingerprint density at radius 3 is 2.59 bits per heavy atom. The first-order valence-corrected chi connectivity index (χ1v) is 10.4. The zero-order valence-corrected chi connectivity index (χ0v) is 17.2. The van der Waals surface area contributed by atoms with Gasteiger partial charge in [-0.2, -0.15) is 17.0 Å². The van der Waals surface area contributed by atoms with E-state index in [1.807, 2.05) is 18.2 Å². The van der Waals surface area contributed by atoms with Crippen LogP contribution in [0.15, 0.2) is 18.2 Å². The van der Waals surface area contributed by atoms with Crippen LogP contribution >= 0.6 is 0 Å². The van der Waals surface area contributed by atoms with Crippen LogP contribution in [0.4, 0.5) is 0 Å². The lowest BCUT2D eigenvalue weighted by Crippen LogP contribution is -2.49. The highest BCUT2D eigenvalue weighted by molar-refractivity contribution is 7.86. The molecule has 1 heterocycles. The lowest BCUT2D eigenvalue weighted by atomic mass is 9.99. The molecule has 1 saturated heterocycles. The number of nitrogens with one attached hydrogen (secondary N) is 1. The van der Waals surface area contributed by atoms with Gasteiger partial charge in [0.25, 0.3) is 10.2 Å². The van der Waals surface area contributed by atoms with Crippen molar-refractivity contribution >= 4 is 16.1 Å². The van der Waals surface area contributed by atoms with E-state index in [0.717, 1.165) is 5.56 Å². The van der Waals surface area contributed by atoms with Gasteiger partial charge >= 0.3 is 0 Å². The summed E-state index contributed by atoms with van der Waals surface area (Å²) in [5.74, 6) is 0.890. The van der Waals surface area contributed by atoms with E-state index in [2.05, 4.69) is 5.32 Å². The van der Waals surface area contributed by atoms with Gasteiger partial charge in [0, 0.05) is 33.7 Å². The molecule has 27 heavy (non-hydrogen) atoms. The fourth-order valence-corrected chi connectivity index (χ4v) is 4.30. The molecule has 9 heteroatoms. The van der Waals surface area contributed by atoms with Gasteiger partial charge in [-0.15, -0.1) is 0 Å². The quantitative estimate of drug-likeness (QED) is 0.701. The molecule has 1 aliphatic rings. The molecule has 1 aliphatic heterocycles. The molecule has 2 rings (SSSR count). The number of methoxy groups -OCH3 is 2. The molecule has 0 aliphatic carbocycles. The minimum Gasteiger partial charge on any atom is -0.493 e.